The van der Waals surface area contributed by atoms with Crippen molar-refractivity contribution in [2.75, 3.05) is 6.54 Å². The summed E-state index contributed by atoms with van der Waals surface area (Å²) in [6, 6.07) is 0. The molecule has 0 aromatic carbocycles. The van der Waals surface area contributed by atoms with E-state index >= 15 is 0 Å². The van der Waals surface area contributed by atoms with Crippen LogP contribution in [0.25, 0.3) is 0 Å². The largest absolute Gasteiger partial charge is 0.444 e. The lowest BCUT2D eigenvalue weighted by Gasteiger charge is -1.97. The summed E-state index contributed by atoms with van der Waals surface area (Å²) in [6.45, 7) is 9.14. The van der Waals surface area contributed by atoms with Gasteiger partial charge in [-0.25, -0.2) is 4.98 Å². The molecule has 0 saturated heterocycles. The van der Waals surface area contributed by atoms with Gasteiger partial charge < -0.3 is 9.73 Å². The summed E-state index contributed by atoms with van der Waals surface area (Å²) in [5.41, 5.74) is 0.973. The van der Waals surface area contributed by atoms with E-state index in [1.165, 1.54) is 0 Å². The minimum absolute atomic E-state index is 0.697. The summed E-state index contributed by atoms with van der Waals surface area (Å²) in [4.78, 5) is 4.25. The van der Waals surface area contributed by atoms with Crippen molar-refractivity contribution in [3.63, 3.8) is 0 Å². The van der Waals surface area contributed by atoms with Crippen molar-refractivity contribution >= 4 is 0 Å². The van der Waals surface area contributed by atoms with Crippen LogP contribution in [0, 0.1) is 13.8 Å². The fourth-order valence-corrected chi connectivity index (χ4v) is 1.01. The van der Waals surface area contributed by atoms with Crippen molar-refractivity contribution < 1.29 is 4.42 Å². The number of aromatic nitrogens is 1. The molecule has 0 amide bonds. The Morgan fingerprint density at radius 2 is 2.31 bits per heavy atom. The van der Waals surface area contributed by atoms with Crippen molar-refractivity contribution in [1.82, 2.24) is 10.3 Å². The molecular weight excluding hydrogens is 164 g/mol. The molecule has 0 saturated carbocycles. The quantitative estimate of drug-likeness (QED) is 0.556. The van der Waals surface area contributed by atoms with Gasteiger partial charge in [0.05, 0.1) is 12.2 Å². The highest BCUT2D eigenvalue weighted by molar-refractivity contribution is 5.05. The van der Waals surface area contributed by atoms with Gasteiger partial charge >= 0.3 is 0 Å². The maximum absolute atomic E-state index is 5.40. The Labute approximate surface area is 78.9 Å². The molecule has 0 spiro atoms. The van der Waals surface area contributed by atoms with E-state index in [1.54, 1.807) is 0 Å². The normalized spacial score (nSPS) is 10.3. The number of rotatable bonds is 5. The SMILES string of the molecule is C=CCCNCc1nc(C)c(C)o1. The van der Waals surface area contributed by atoms with Crippen molar-refractivity contribution in [2.45, 2.75) is 26.8 Å². The Morgan fingerprint density at radius 1 is 1.54 bits per heavy atom. The lowest BCUT2D eigenvalue weighted by molar-refractivity contribution is 0.450. The van der Waals surface area contributed by atoms with Crippen molar-refractivity contribution in [3.05, 3.63) is 30.0 Å². The average Bonchev–Trinajstić information content (AvgIpc) is 2.41. The van der Waals surface area contributed by atoms with E-state index in [9.17, 15) is 0 Å². The first-order valence-electron chi connectivity index (χ1n) is 4.48. The molecule has 0 fully saturated rings. The lowest BCUT2D eigenvalue weighted by atomic mass is 10.4. The third kappa shape index (κ3) is 3.03. The van der Waals surface area contributed by atoms with Gasteiger partial charge in [-0.3, -0.25) is 0 Å². The number of aryl methyl sites for hydroxylation is 2. The third-order valence-corrected chi connectivity index (χ3v) is 1.87. The first-order chi connectivity index (χ1) is 6.24. The maximum atomic E-state index is 5.40. The summed E-state index contributed by atoms with van der Waals surface area (Å²) in [6.07, 6.45) is 2.86. The monoisotopic (exact) mass is 180 g/mol. The fourth-order valence-electron chi connectivity index (χ4n) is 1.01. The zero-order valence-corrected chi connectivity index (χ0v) is 8.26. The Hall–Kier alpha value is -1.09. The molecule has 0 radical (unpaired) electrons. The van der Waals surface area contributed by atoms with Crippen LogP contribution in [0.1, 0.15) is 23.8 Å². The molecule has 1 aromatic rings. The maximum Gasteiger partial charge on any atom is 0.208 e. The first kappa shape index (κ1) is 9.99. The minimum atomic E-state index is 0.697. The summed E-state index contributed by atoms with van der Waals surface area (Å²) in [5.74, 6) is 1.67. The zero-order valence-electron chi connectivity index (χ0n) is 8.26. The van der Waals surface area contributed by atoms with Gasteiger partial charge in [-0.1, -0.05) is 6.08 Å². The van der Waals surface area contributed by atoms with Gasteiger partial charge in [0.2, 0.25) is 5.89 Å². The van der Waals surface area contributed by atoms with Crippen LogP contribution >= 0.6 is 0 Å². The molecule has 1 rings (SSSR count). The molecule has 0 bridgehead atoms. The Kier molecular flexibility index (Phi) is 3.71. The second-order valence-electron chi connectivity index (χ2n) is 3.00. The van der Waals surface area contributed by atoms with Crippen LogP contribution < -0.4 is 5.32 Å². The first-order valence-corrected chi connectivity index (χ1v) is 4.48. The van der Waals surface area contributed by atoms with E-state index in [2.05, 4.69) is 16.9 Å². The summed E-state index contributed by atoms with van der Waals surface area (Å²) in [7, 11) is 0. The molecule has 0 unspecified atom stereocenters. The minimum Gasteiger partial charge on any atom is -0.444 e. The van der Waals surface area contributed by atoms with Crippen LogP contribution in [-0.4, -0.2) is 11.5 Å². The van der Waals surface area contributed by atoms with Gasteiger partial charge in [0.1, 0.15) is 5.76 Å². The van der Waals surface area contributed by atoms with Gasteiger partial charge in [0.15, 0.2) is 0 Å². The Bertz CT molecular complexity index is 259. The molecule has 0 atom stereocenters. The predicted octanol–water partition coefficient (Wildman–Crippen LogP) is 1.96. The van der Waals surface area contributed by atoms with Gasteiger partial charge in [-0.15, -0.1) is 6.58 Å². The molecule has 1 N–H and O–H groups in total. The van der Waals surface area contributed by atoms with Crippen molar-refractivity contribution in [1.29, 1.82) is 0 Å². The molecule has 1 aromatic heterocycles. The van der Waals surface area contributed by atoms with E-state index in [4.69, 9.17) is 4.42 Å². The van der Waals surface area contributed by atoms with E-state index in [1.807, 2.05) is 19.9 Å². The number of hydrogen-bond donors (Lipinski definition) is 1. The number of hydrogen-bond acceptors (Lipinski definition) is 3. The highest BCUT2D eigenvalue weighted by atomic mass is 16.4. The lowest BCUT2D eigenvalue weighted by Crippen LogP contribution is -2.14. The number of oxazole rings is 1. The fraction of sp³-hybridized carbons (Fsp3) is 0.500. The van der Waals surface area contributed by atoms with Crippen molar-refractivity contribution in [2.24, 2.45) is 0 Å². The Morgan fingerprint density at radius 3 is 2.85 bits per heavy atom. The summed E-state index contributed by atoms with van der Waals surface area (Å²) >= 11 is 0. The second kappa shape index (κ2) is 4.82. The van der Waals surface area contributed by atoms with Gasteiger partial charge in [-0.2, -0.15) is 0 Å². The standard InChI is InChI=1S/C10H16N2O/c1-4-5-6-11-7-10-12-8(2)9(3)13-10/h4,11H,1,5-7H2,2-3H3. The number of nitrogens with zero attached hydrogens (tertiary/aromatic N) is 1. The molecule has 0 aliphatic heterocycles. The predicted molar refractivity (Wildman–Crippen MR) is 52.5 cm³/mol. The molecular formula is C10H16N2O. The molecule has 1 heterocycles. The number of nitrogens with one attached hydrogen (secondary N) is 1. The molecule has 0 aliphatic carbocycles. The third-order valence-electron chi connectivity index (χ3n) is 1.87. The Balaban J connectivity index is 2.32. The smallest absolute Gasteiger partial charge is 0.208 e. The highest BCUT2D eigenvalue weighted by Crippen LogP contribution is 2.07. The van der Waals surface area contributed by atoms with E-state index in [0.29, 0.717) is 6.54 Å². The average molecular weight is 180 g/mol. The molecule has 72 valence electrons. The topological polar surface area (TPSA) is 38.1 Å². The van der Waals surface area contributed by atoms with Gasteiger partial charge in [0, 0.05) is 0 Å². The van der Waals surface area contributed by atoms with Gasteiger partial charge in [0.25, 0.3) is 0 Å². The molecule has 13 heavy (non-hydrogen) atoms. The van der Waals surface area contributed by atoms with Crippen LogP contribution in [0.5, 0.6) is 0 Å². The molecule has 3 nitrogen and oxygen atoms in total. The van der Waals surface area contributed by atoms with Crippen LogP contribution in [-0.2, 0) is 6.54 Å². The molecule has 3 heteroatoms. The summed E-state index contributed by atoms with van der Waals surface area (Å²) < 4.78 is 5.40. The van der Waals surface area contributed by atoms with E-state index < -0.39 is 0 Å². The van der Waals surface area contributed by atoms with Crippen LogP contribution in [0.4, 0.5) is 0 Å². The van der Waals surface area contributed by atoms with E-state index in [0.717, 1.165) is 30.3 Å². The summed E-state index contributed by atoms with van der Waals surface area (Å²) in [5, 5.41) is 3.22. The second-order valence-corrected chi connectivity index (χ2v) is 3.00. The highest BCUT2D eigenvalue weighted by Gasteiger charge is 2.03. The van der Waals surface area contributed by atoms with Crippen LogP contribution in [0.2, 0.25) is 0 Å². The van der Waals surface area contributed by atoms with Crippen LogP contribution in [0.3, 0.4) is 0 Å². The zero-order chi connectivity index (χ0) is 9.68. The van der Waals surface area contributed by atoms with Crippen molar-refractivity contribution in [3.8, 4) is 0 Å². The molecule has 0 aliphatic rings. The van der Waals surface area contributed by atoms with Crippen LogP contribution in [0.15, 0.2) is 17.1 Å². The van der Waals surface area contributed by atoms with Gasteiger partial charge in [-0.05, 0) is 26.8 Å². The van der Waals surface area contributed by atoms with E-state index in [-0.39, 0.29) is 0 Å².